The summed E-state index contributed by atoms with van der Waals surface area (Å²) in [7, 11) is -3.59. The van der Waals surface area contributed by atoms with Crippen molar-refractivity contribution in [3.63, 3.8) is 0 Å². The van der Waals surface area contributed by atoms with E-state index in [1.807, 2.05) is 18.2 Å². The fraction of sp³-hybridized carbons (Fsp3) is 0.0857. The molecule has 0 amide bonds. The molecule has 0 heterocycles. The second kappa shape index (κ2) is 15.6. The number of rotatable bonds is 6. The van der Waals surface area contributed by atoms with Crippen LogP contribution < -0.4 is 20.8 Å². The van der Waals surface area contributed by atoms with Gasteiger partial charge in [-0.25, -0.2) is 0 Å². The molecule has 0 radical (unpaired) electrons. The molecular formula is C70H50NOP. The molecule has 0 saturated heterocycles. The molecule has 0 saturated carbocycles. The third kappa shape index (κ3) is 5.62. The lowest BCUT2D eigenvalue weighted by Crippen LogP contribution is -2.34. The molecule has 2 nitrogen and oxygen atoms in total. The van der Waals surface area contributed by atoms with Crippen LogP contribution in [0.2, 0.25) is 0 Å². The van der Waals surface area contributed by atoms with Crippen LogP contribution in [0.1, 0.15) is 61.6 Å². The second-order valence-electron chi connectivity index (χ2n) is 20.7. The van der Waals surface area contributed by atoms with E-state index in [2.05, 4.69) is 255 Å². The van der Waals surface area contributed by atoms with Crippen LogP contribution in [0.25, 0.3) is 33.4 Å². The number of nitrogens with zero attached hydrogens (tertiary/aromatic N) is 1. The van der Waals surface area contributed by atoms with E-state index in [0.717, 1.165) is 33.0 Å². The van der Waals surface area contributed by atoms with Gasteiger partial charge in [0.2, 0.25) is 0 Å². The Morgan fingerprint density at radius 3 is 1.45 bits per heavy atom. The standard InChI is InChI=1S/C70H50NOP/c1-45-28-32-47(33-29-45)71(48-34-30-46(2)31-35-48)49-36-39-58-55-20-9-14-26-64(55)70(66(58)42-49)65-27-15-10-22-57(65)60-41-38-52(44-68(60)70)73(72,50-16-4-3-5-17-50)51-37-40-59-56-21-8-13-25-63(56)69(67(59)43-51)61-23-11-6-18-53(61)54-19-7-12-24-62(54)69/h3-44,53,61H,1-2H3. The summed E-state index contributed by atoms with van der Waals surface area (Å²) in [6, 6.07) is 84.8. The lowest BCUT2D eigenvalue weighted by molar-refractivity contribution is 0.466. The van der Waals surface area contributed by atoms with E-state index in [4.69, 9.17) is 0 Å². The molecule has 73 heavy (non-hydrogen) atoms. The summed E-state index contributed by atoms with van der Waals surface area (Å²) < 4.78 is 17.5. The van der Waals surface area contributed by atoms with Gasteiger partial charge < -0.3 is 9.46 Å². The van der Waals surface area contributed by atoms with E-state index in [-0.39, 0.29) is 11.8 Å². The minimum absolute atomic E-state index is 0.169. The topological polar surface area (TPSA) is 20.3 Å². The first-order valence-corrected chi connectivity index (χ1v) is 27.4. The van der Waals surface area contributed by atoms with Gasteiger partial charge in [-0.05, 0) is 140 Å². The zero-order valence-electron chi connectivity index (χ0n) is 40.7. The molecule has 3 heteroatoms. The first kappa shape index (κ1) is 42.4. The van der Waals surface area contributed by atoms with Crippen LogP contribution in [0.5, 0.6) is 0 Å². The number of hydrogen-bond donors (Lipinski definition) is 0. The van der Waals surface area contributed by atoms with Gasteiger partial charge in [0.05, 0.1) is 10.8 Å². The maximum Gasteiger partial charge on any atom is 0.171 e. The Bertz CT molecular complexity index is 3990. The smallest absolute Gasteiger partial charge is 0.171 e. The number of allylic oxidation sites excluding steroid dienone is 4. The normalized spacial score (nSPS) is 20.4. The Balaban J connectivity index is 0.978. The third-order valence-electron chi connectivity index (χ3n) is 17.2. The summed E-state index contributed by atoms with van der Waals surface area (Å²) >= 11 is 0. The highest BCUT2D eigenvalue weighted by Gasteiger charge is 2.58. The maximum absolute atomic E-state index is 17.5. The highest BCUT2D eigenvalue weighted by Crippen LogP contribution is 2.67. The monoisotopic (exact) mass is 951 g/mol. The Labute approximate surface area is 427 Å². The molecule has 5 aliphatic rings. The Morgan fingerprint density at radius 2 is 0.822 bits per heavy atom. The largest absolute Gasteiger partial charge is 0.310 e. The zero-order chi connectivity index (χ0) is 48.6. The quantitative estimate of drug-likeness (QED) is 0.155. The fourth-order valence-electron chi connectivity index (χ4n) is 14.2. The van der Waals surface area contributed by atoms with Crippen LogP contribution in [0, 0.1) is 19.8 Å². The Morgan fingerprint density at radius 1 is 0.370 bits per heavy atom. The molecule has 0 bridgehead atoms. The number of fused-ring (bicyclic) bond motifs is 20. The minimum Gasteiger partial charge on any atom is -0.310 e. The van der Waals surface area contributed by atoms with Crippen LogP contribution in [-0.4, -0.2) is 0 Å². The highest BCUT2D eigenvalue weighted by molar-refractivity contribution is 7.85. The number of anilines is 3. The SMILES string of the molecule is Cc1ccc(N(c2ccc(C)cc2)c2ccc3c(c2)C2(c4ccccc4-3)c3ccccc3-c3ccc(P(=O)(c4ccccc4)c4ccc5c(c4)C4(c6ccccc6-5)c5ccccc5C5C=CC=CC54)cc32)cc1. The Kier molecular flexibility index (Phi) is 9.06. The summed E-state index contributed by atoms with van der Waals surface area (Å²) in [5, 5.41) is 2.52. The first-order chi connectivity index (χ1) is 35.9. The number of hydrogen-bond acceptors (Lipinski definition) is 2. The van der Waals surface area contributed by atoms with Gasteiger partial charge in [0.1, 0.15) is 0 Å². The van der Waals surface area contributed by atoms with Crippen LogP contribution in [0.4, 0.5) is 17.1 Å². The molecule has 5 aliphatic carbocycles. The summed E-state index contributed by atoms with van der Waals surface area (Å²) in [4.78, 5) is 2.39. The van der Waals surface area contributed by atoms with E-state index in [9.17, 15) is 0 Å². The van der Waals surface area contributed by atoms with E-state index in [1.54, 1.807) is 0 Å². The van der Waals surface area contributed by atoms with Gasteiger partial charge in [0, 0.05) is 44.8 Å². The van der Waals surface area contributed by atoms with Gasteiger partial charge in [0.25, 0.3) is 0 Å². The number of aryl methyl sites for hydroxylation is 2. The van der Waals surface area contributed by atoms with E-state index in [1.165, 1.54) is 89.0 Å². The van der Waals surface area contributed by atoms with Crippen LogP contribution in [-0.2, 0) is 15.4 Å². The Hall–Kier alpha value is -8.29. The van der Waals surface area contributed by atoms with Crippen LogP contribution >= 0.6 is 7.14 Å². The average Bonchev–Trinajstić information content (AvgIpc) is 4.15. The van der Waals surface area contributed by atoms with Gasteiger partial charge in [-0.15, -0.1) is 0 Å². The predicted octanol–water partition coefficient (Wildman–Crippen LogP) is 15.9. The van der Waals surface area contributed by atoms with Crippen LogP contribution in [0.15, 0.2) is 255 Å². The summed E-state index contributed by atoms with van der Waals surface area (Å²) in [5.41, 5.74) is 22.1. The van der Waals surface area contributed by atoms with Gasteiger partial charge in [-0.2, -0.15) is 0 Å². The lowest BCUT2D eigenvalue weighted by atomic mass is 9.65. The van der Waals surface area contributed by atoms with Crippen molar-refractivity contribution in [1.29, 1.82) is 0 Å². The predicted molar refractivity (Wildman–Crippen MR) is 303 cm³/mol. The molecule has 346 valence electrons. The molecule has 0 aliphatic heterocycles. The average molecular weight is 952 g/mol. The van der Waals surface area contributed by atoms with Crippen molar-refractivity contribution in [1.82, 2.24) is 0 Å². The summed E-state index contributed by atoms with van der Waals surface area (Å²) in [5.74, 6) is 0.403. The van der Waals surface area contributed by atoms with E-state index < -0.39 is 18.0 Å². The van der Waals surface area contributed by atoms with Crippen molar-refractivity contribution in [3.8, 4) is 33.4 Å². The van der Waals surface area contributed by atoms with Gasteiger partial charge >= 0.3 is 0 Å². The molecular weight excluding hydrogens is 902 g/mol. The van der Waals surface area contributed by atoms with Crippen molar-refractivity contribution in [2.45, 2.75) is 30.6 Å². The molecule has 5 unspecified atom stereocenters. The summed E-state index contributed by atoms with van der Waals surface area (Å²) in [6.07, 6.45) is 9.27. The van der Waals surface area contributed by atoms with E-state index >= 15 is 4.57 Å². The highest BCUT2D eigenvalue weighted by atomic mass is 31.2. The third-order valence-corrected chi connectivity index (χ3v) is 20.2. The number of benzene rings is 10. The van der Waals surface area contributed by atoms with Crippen molar-refractivity contribution in [2.24, 2.45) is 5.92 Å². The maximum atomic E-state index is 17.5. The van der Waals surface area contributed by atoms with Crippen molar-refractivity contribution >= 4 is 40.1 Å². The van der Waals surface area contributed by atoms with Gasteiger partial charge in [-0.1, -0.05) is 217 Å². The molecule has 10 aromatic rings. The molecule has 0 aromatic heterocycles. The summed E-state index contributed by atoms with van der Waals surface area (Å²) in [6.45, 7) is 4.29. The van der Waals surface area contributed by atoms with Crippen molar-refractivity contribution in [2.75, 3.05) is 4.90 Å². The van der Waals surface area contributed by atoms with Crippen molar-refractivity contribution < 1.29 is 4.57 Å². The van der Waals surface area contributed by atoms with Gasteiger partial charge in [-0.3, -0.25) is 0 Å². The molecule has 0 N–H and O–H groups in total. The zero-order valence-corrected chi connectivity index (χ0v) is 41.6. The van der Waals surface area contributed by atoms with Crippen LogP contribution in [0.3, 0.4) is 0 Å². The fourth-order valence-corrected chi connectivity index (χ4v) is 16.8. The minimum atomic E-state index is -3.59. The van der Waals surface area contributed by atoms with E-state index in [0.29, 0.717) is 0 Å². The van der Waals surface area contributed by atoms with Gasteiger partial charge in [0.15, 0.2) is 7.14 Å². The molecule has 5 atom stereocenters. The molecule has 15 rings (SSSR count). The molecule has 10 aromatic carbocycles. The molecule has 0 fully saturated rings. The lowest BCUT2D eigenvalue weighted by Gasteiger charge is -2.36. The first-order valence-electron chi connectivity index (χ1n) is 25.7. The molecule has 2 spiro atoms. The van der Waals surface area contributed by atoms with Crippen molar-refractivity contribution in [3.05, 3.63) is 310 Å². The second-order valence-corrected chi connectivity index (χ2v) is 23.5.